The summed E-state index contributed by atoms with van der Waals surface area (Å²) in [6.07, 6.45) is 3.08. The summed E-state index contributed by atoms with van der Waals surface area (Å²) in [6.45, 7) is 4.02. The molecule has 0 aromatic carbocycles. The summed E-state index contributed by atoms with van der Waals surface area (Å²) < 4.78 is 0. The van der Waals surface area contributed by atoms with E-state index in [0.717, 1.165) is 23.7 Å². The second-order valence-electron chi connectivity index (χ2n) is 4.41. The van der Waals surface area contributed by atoms with Crippen LogP contribution in [-0.4, -0.2) is 10.1 Å². The first-order valence-corrected chi connectivity index (χ1v) is 5.28. The maximum absolute atomic E-state index is 9.92. The Morgan fingerprint density at radius 2 is 2.14 bits per heavy atom. The van der Waals surface area contributed by atoms with Gasteiger partial charge in [0.2, 0.25) is 0 Å². The Morgan fingerprint density at radius 1 is 1.43 bits per heavy atom. The molecule has 0 aliphatic heterocycles. The lowest BCUT2D eigenvalue weighted by Crippen LogP contribution is -2.03. The van der Waals surface area contributed by atoms with Crippen molar-refractivity contribution in [3.8, 4) is 0 Å². The van der Waals surface area contributed by atoms with Gasteiger partial charge in [0.25, 0.3) is 0 Å². The molecule has 0 saturated heterocycles. The molecule has 1 aromatic rings. The second kappa shape index (κ2) is 3.70. The van der Waals surface area contributed by atoms with Crippen LogP contribution in [0.2, 0.25) is 0 Å². The molecule has 14 heavy (non-hydrogen) atoms. The Bertz CT molecular complexity index is 311. The predicted molar refractivity (Wildman–Crippen MR) is 56.0 cm³/mol. The van der Waals surface area contributed by atoms with E-state index >= 15 is 0 Å². The zero-order chi connectivity index (χ0) is 10.1. The lowest BCUT2D eigenvalue weighted by Gasteiger charge is -2.10. The van der Waals surface area contributed by atoms with Crippen LogP contribution >= 0.6 is 0 Å². The average Bonchev–Trinajstić information content (AvgIpc) is 2.86. The predicted octanol–water partition coefficient (Wildman–Crippen LogP) is 2.53. The van der Waals surface area contributed by atoms with Crippen LogP contribution in [0.25, 0.3) is 0 Å². The maximum atomic E-state index is 9.92. The van der Waals surface area contributed by atoms with Gasteiger partial charge in [-0.1, -0.05) is 12.8 Å². The van der Waals surface area contributed by atoms with Gasteiger partial charge in [0, 0.05) is 5.69 Å². The third-order valence-corrected chi connectivity index (χ3v) is 2.71. The van der Waals surface area contributed by atoms with Crippen molar-refractivity contribution in [1.29, 1.82) is 0 Å². The Labute approximate surface area is 85.0 Å². The number of rotatable bonds is 3. The number of hydrogen-bond acceptors (Lipinski definition) is 2. The normalized spacial score (nSPS) is 18.2. The molecule has 1 aliphatic rings. The third-order valence-electron chi connectivity index (χ3n) is 2.71. The number of aliphatic hydroxyl groups excluding tert-OH is 1. The lowest BCUT2D eigenvalue weighted by molar-refractivity contribution is 0.155. The number of aromatic nitrogens is 1. The molecule has 2 heteroatoms. The topological polar surface area (TPSA) is 33.1 Å². The second-order valence-corrected chi connectivity index (χ2v) is 4.41. The van der Waals surface area contributed by atoms with E-state index in [-0.39, 0.29) is 6.10 Å². The van der Waals surface area contributed by atoms with E-state index in [0.29, 0.717) is 0 Å². The SMILES string of the molecule is Cc1cc(C)nc(C(O)CC2CC2)c1. The van der Waals surface area contributed by atoms with Gasteiger partial charge in [-0.2, -0.15) is 0 Å². The number of aryl methyl sites for hydroxylation is 2. The molecule has 1 saturated carbocycles. The molecule has 1 heterocycles. The highest BCUT2D eigenvalue weighted by Crippen LogP contribution is 2.37. The minimum absolute atomic E-state index is 0.360. The van der Waals surface area contributed by atoms with Gasteiger partial charge in [0.1, 0.15) is 0 Å². The molecule has 2 rings (SSSR count). The van der Waals surface area contributed by atoms with Gasteiger partial charge in [0.15, 0.2) is 0 Å². The summed E-state index contributed by atoms with van der Waals surface area (Å²) in [5.41, 5.74) is 3.02. The van der Waals surface area contributed by atoms with Gasteiger partial charge in [-0.25, -0.2) is 0 Å². The van der Waals surface area contributed by atoms with E-state index in [2.05, 4.69) is 4.98 Å². The van der Waals surface area contributed by atoms with Crippen molar-refractivity contribution in [2.24, 2.45) is 5.92 Å². The molecular weight excluding hydrogens is 174 g/mol. The third kappa shape index (κ3) is 2.32. The molecule has 0 bridgehead atoms. The number of pyridine rings is 1. The molecular formula is C12H17NO. The van der Waals surface area contributed by atoms with Gasteiger partial charge < -0.3 is 5.11 Å². The summed E-state index contributed by atoms with van der Waals surface area (Å²) in [4.78, 5) is 4.36. The van der Waals surface area contributed by atoms with Gasteiger partial charge in [-0.3, -0.25) is 4.98 Å². The van der Waals surface area contributed by atoms with Crippen LogP contribution in [0.4, 0.5) is 0 Å². The molecule has 1 fully saturated rings. The van der Waals surface area contributed by atoms with Crippen molar-refractivity contribution in [3.05, 3.63) is 29.1 Å². The van der Waals surface area contributed by atoms with Crippen LogP contribution in [0.15, 0.2) is 12.1 Å². The minimum Gasteiger partial charge on any atom is -0.387 e. The largest absolute Gasteiger partial charge is 0.387 e. The fraction of sp³-hybridized carbons (Fsp3) is 0.583. The van der Waals surface area contributed by atoms with E-state index < -0.39 is 0 Å². The molecule has 0 radical (unpaired) electrons. The fourth-order valence-electron chi connectivity index (χ4n) is 1.83. The molecule has 1 unspecified atom stereocenters. The average molecular weight is 191 g/mol. The summed E-state index contributed by atoms with van der Waals surface area (Å²) in [7, 11) is 0. The molecule has 2 nitrogen and oxygen atoms in total. The first-order valence-electron chi connectivity index (χ1n) is 5.28. The van der Waals surface area contributed by atoms with Crippen LogP contribution in [0, 0.1) is 19.8 Å². The van der Waals surface area contributed by atoms with Crippen molar-refractivity contribution in [2.45, 2.75) is 39.2 Å². The quantitative estimate of drug-likeness (QED) is 0.796. The zero-order valence-electron chi connectivity index (χ0n) is 8.83. The molecule has 0 amide bonds. The summed E-state index contributed by atoms with van der Waals surface area (Å²) in [5, 5.41) is 9.92. The summed E-state index contributed by atoms with van der Waals surface area (Å²) >= 11 is 0. The standard InChI is InChI=1S/C12H17NO/c1-8-5-9(2)13-11(6-8)12(14)7-10-3-4-10/h5-6,10,12,14H,3-4,7H2,1-2H3. The van der Waals surface area contributed by atoms with Gasteiger partial charge in [0.05, 0.1) is 11.8 Å². The van der Waals surface area contributed by atoms with E-state index in [1.54, 1.807) is 0 Å². The number of nitrogens with zero attached hydrogens (tertiary/aromatic N) is 1. The van der Waals surface area contributed by atoms with Gasteiger partial charge in [-0.15, -0.1) is 0 Å². The van der Waals surface area contributed by atoms with Crippen LogP contribution in [0.5, 0.6) is 0 Å². The Kier molecular flexibility index (Phi) is 2.55. The zero-order valence-corrected chi connectivity index (χ0v) is 8.83. The molecule has 1 N–H and O–H groups in total. The number of hydrogen-bond donors (Lipinski definition) is 1. The highest BCUT2D eigenvalue weighted by atomic mass is 16.3. The lowest BCUT2D eigenvalue weighted by atomic mass is 10.1. The molecule has 1 atom stereocenters. The highest BCUT2D eigenvalue weighted by Gasteiger charge is 2.25. The monoisotopic (exact) mass is 191 g/mol. The van der Waals surface area contributed by atoms with Crippen molar-refractivity contribution < 1.29 is 5.11 Å². The van der Waals surface area contributed by atoms with Crippen molar-refractivity contribution >= 4 is 0 Å². The van der Waals surface area contributed by atoms with E-state index in [9.17, 15) is 5.11 Å². The van der Waals surface area contributed by atoms with Gasteiger partial charge in [-0.05, 0) is 43.9 Å². The summed E-state index contributed by atoms with van der Waals surface area (Å²) in [6, 6.07) is 4.02. The highest BCUT2D eigenvalue weighted by molar-refractivity contribution is 5.21. The van der Waals surface area contributed by atoms with Crippen LogP contribution < -0.4 is 0 Å². The van der Waals surface area contributed by atoms with Crippen molar-refractivity contribution in [1.82, 2.24) is 4.98 Å². The fourth-order valence-corrected chi connectivity index (χ4v) is 1.83. The van der Waals surface area contributed by atoms with E-state index in [1.807, 2.05) is 26.0 Å². The Morgan fingerprint density at radius 3 is 2.71 bits per heavy atom. The van der Waals surface area contributed by atoms with Crippen molar-refractivity contribution in [2.75, 3.05) is 0 Å². The Balaban J connectivity index is 2.12. The van der Waals surface area contributed by atoms with E-state index in [1.165, 1.54) is 18.4 Å². The summed E-state index contributed by atoms with van der Waals surface area (Å²) in [5.74, 6) is 0.743. The number of aliphatic hydroxyl groups is 1. The minimum atomic E-state index is -0.360. The van der Waals surface area contributed by atoms with E-state index in [4.69, 9.17) is 0 Å². The Hall–Kier alpha value is -0.890. The van der Waals surface area contributed by atoms with Crippen LogP contribution in [-0.2, 0) is 0 Å². The molecule has 1 aromatic heterocycles. The molecule has 1 aliphatic carbocycles. The first kappa shape index (κ1) is 9.66. The first-order chi connectivity index (χ1) is 6.65. The molecule has 0 spiro atoms. The van der Waals surface area contributed by atoms with Crippen molar-refractivity contribution in [3.63, 3.8) is 0 Å². The van der Waals surface area contributed by atoms with Crippen LogP contribution in [0.3, 0.4) is 0 Å². The smallest absolute Gasteiger partial charge is 0.0962 e. The van der Waals surface area contributed by atoms with Crippen LogP contribution in [0.1, 0.15) is 42.3 Å². The molecule has 76 valence electrons. The van der Waals surface area contributed by atoms with Gasteiger partial charge >= 0.3 is 0 Å². The maximum Gasteiger partial charge on any atom is 0.0962 e.